The lowest BCUT2D eigenvalue weighted by Gasteiger charge is -2.23. The van der Waals surface area contributed by atoms with E-state index in [0.717, 1.165) is 18.9 Å². The molecule has 0 aliphatic heterocycles. The zero-order chi connectivity index (χ0) is 23.0. The summed E-state index contributed by atoms with van der Waals surface area (Å²) in [6, 6.07) is 4.66. The van der Waals surface area contributed by atoms with Crippen LogP contribution in [0.5, 0.6) is 0 Å². The minimum absolute atomic E-state index is 0.0657. The van der Waals surface area contributed by atoms with Gasteiger partial charge in [0.05, 0.1) is 37.3 Å². The van der Waals surface area contributed by atoms with Crippen molar-refractivity contribution < 1.29 is 32.7 Å². The van der Waals surface area contributed by atoms with Crippen LogP contribution >= 0.6 is 0 Å². The smallest absolute Gasteiger partial charge is 0.336 e. The topological polar surface area (TPSA) is 123 Å². The molecule has 1 unspecified atom stereocenters. The number of aromatic nitrogens is 3. The molecule has 0 saturated carbocycles. The van der Waals surface area contributed by atoms with Gasteiger partial charge in [-0.15, -0.1) is 0 Å². The molecule has 10 nitrogen and oxygen atoms in total. The summed E-state index contributed by atoms with van der Waals surface area (Å²) < 4.78 is 30.6. The maximum Gasteiger partial charge on any atom is 0.336 e. The van der Waals surface area contributed by atoms with E-state index in [1.807, 2.05) is 0 Å². The highest BCUT2D eigenvalue weighted by Crippen LogP contribution is 2.16. The van der Waals surface area contributed by atoms with E-state index in [0.29, 0.717) is 0 Å². The van der Waals surface area contributed by atoms with E-state index in [1.54, 1.807) is 18.2 Å². The molecule has 0 spiro atoms. The van der Waals surface area contributed by atoms with E-state index in [1.165, 1.54) is 23.3 Å². The first kappa shape index (κ1) is 23.6. The number of nitrogens with zero attached hydrogens (tertiary/aromatic N) is 4. The number of alkyl halides is 2. The summed E-state index contributed by atoms with van der Waals surface area (Å²) >= 11 is 0. The van der Waals surface area contributed by atoms with Crippen LogP contribution in [-0.2, 0) is 19.1 Å². The van der Waals surface area contributed by atoms with Gasteiger partial charge in [0.2, 0.25) is 5.91 Å². The second-order valence-electron chi connectivity index (χ2n) is 6.36. The molecule has 12 heteroatoms. The standard InChI is InChI=1S/C19H21F2N5O5/c1-12(27)17(19(30)31-2)24-16(28)7-10-25(11-15(20)21)18(29)13-5-3-4-6-14(13)26-22-8-9-23-26/h3-6,8-9,15,17H,7,10-11H2,1-2H3,(H,24,28). The third-order valence-electron chi connectivity index (χ3n) is 4.17. The Morgan fingerprint density at radius 1 is 1.16 bits per heavy atom. The Morgan fingerprint density at radius 2 is 1.81 bits per heavy atom. The van der Waals surface area contributed by atoms with E-state index in [9.17, 15) is 28.0 Å². The van der Waals surface area contributed by atoms with Crippen molar-refractivity contribution in [2.75, 3.05) is 20.2 Å². The van der Waals surface area contributed by atoms with Crippen LogP contribution < -0.4 is 5.32 Å². The van der Waals surface area contributed by atoms with E-state index in [4.69, 9.17) is 0 Å². The number of amides is 2. The molecule has 0 bridgehead atoms. The summed E-state index contributed by atoms with van der Waals surface area (Å²) in [6.45, 7) is -0.198. The number of methoxy groups -OCH3 is 1. The van der Waals surface area contributed by atoms with Crippen LogP contribution in [0.3, 0.4) is 0 Å². The third-order valence-corrected chi connectivity index (χ3v) is 4.17. The highest BCUT2D eigenvalue weighted by atomic mass is 19.3. The molecule has 0 saturated heterocycles. The van der Waals surface area contributed by atoms with E-state index in [-0.39, 0.29) is 17.8 Å². The molecule has 2 amide bonds. The number of Topliss-reactive ketones (excluding diaryl/α,β-unsaturated/α-hetero) is 1. The first-order valence-electron chi connectivity index (χ1n) is 9.15. The predicted molar refractivity (Wildman–Crippen MR) is 103 cm³/mol. The molecule has 2 aromatic rings. The van der Waals surface area contributed by atoms with Crippen molar-refractivity contribution in [2.45, 2.75) is 25.8 Å². The van der Waals surface area contributed by atoms with Crippen molar-refractivity contribution in [3.63, 3.8) is 0 Å². The van der Waals surface area contributed by atoms with Crippen LogP contribution in [0.2, 0.25) is 0 Å². The van der Waals surface area contributed by atoms with Gasteiger partial charge in [0.1, 0.15) is 0 Å². The van der Waals surface area contributed by atoms with Gasteiger partial charge >= 0.3 is 5.97 Å². The molecule has 1 N–H and O–H groups in total. The van der Waals surface area contributed by atoms with Crippen molar-refractivity contribution in [2.24, 2.45) is 0 Å². The number of carbonyl (C=O) groups excluding carboxylic acids is 4. The fourth-order valence-electron chi connectivity index (χ4n) is 2.70. The Hall–Kier alpha value is -3.70. The second-order valence-corrected chi connectivity index (χ2v) is 6.36. The number of ether oxygens (including phenoxy) is 1. The fourth-order valence-corrected chi connectivity index (χ4v) is 2.70. The number of esters is 1. The summed E-state index contributed by atoms with van der Waals surface area (Å²) in [6.07, 6.45) is -0.464. The largest absolute Gasteiger partial charge is 0.467 e. The van der Waals surface area contributed by atoms with Gasteiger partial charge in [-0.25, -0.2) is 13.6 Å². The van der Waals surface area contributed by atoms with Crippen LogP contribution in [-0.4, -0.2) is 76.1 Å². The maximum atomic E-state index is 13.1. The first-order valence-corrected chi connectivity index (χ1v) is 9.15. The highest BCUT2D eigenvalue weighted by molar-refractivity contribution is 6.04. The van der Waals surface area contributed by atoms with Gasteiger partial charge in [-0.05, 0) is 19.1 Å². The van der Waals surface area contributed by atoms with Crippen molar-refractivity contribution in [3.8, 4) is 5.69 Å². The summed E-state index contributed by atoms with van der Waals surface area (Å²) in [5.74, 6) is -3.14. The third kappa shape index (κ3) is 6.39. The summed E-state index contributed by atoms with van der Waals surface area (Å²) in [5, 5.41) is 10.1. The summed E-state index contributed by atoms with van der Waals surface area (Å²) in [5.41, 5.74) is 0.347. The zero-order valence-corrected chi connectivity index (χ0v) is 16.8. The molecule has 31 heavy (non-hydrogen) atoms. The zero-order valence-electron chi connectivity index (χ0n) is 16.8. The normalized spacial score (nSPS) is 11.6. The Morgan fingerprint density at radius 3 is 2.39 bits per heavy atom. The van der Waals surface area contributed by atoms with Crippen molar-refractivity contribution in [3.05, 3.63) is 42.2 Å². The number of para-hydroxylation sites is 1. The maximum absolute atomic E-state index is 13.1. The molecular formula is C19H21F2N5O5. The quantitative estimate of drug-likeness (QED) is 0.427. The summed E-state index contributed by atoms with van der Waals surface area (Å²) in [7, 11) is 1.05. The van der Waals surface area contributed by atoms with Crippen molar-refractivity contribution in [1.82, 2.24) is 25.2 Å². The number of nitrogens with one attached hydrogen (secondary N) is 1. The van der Waals surface area contributed by atoms with Gasteiger partial charge in [-0.3, -0.25) is 14.4 Å². The molecule has 0 aliphatic rings. The molecule has 166 valence electrons. The van der Waals surface area contributed by atoms with Gasteiger partial charge in [-0.2, -0.15) is 15.0 Å². The van der Waals surface area contributed by atoms with Crippen molar-refractivity contribution >= 4 is 23.6 Å². The fraction of sp³-hybridized carbons (Fsp3) is 0.368. The first-order chi connectivity index (χ1) is 14.7. The SMILES string of the molecule is COC(=O)C(NC(=O)CCN(CC(F)F)C(=O)c1ccccc1-n1nccn1)C(C)=O. The number of hydrogen-bond donors (Lipinski definition) is 1. The number of carbonyl (C=O) groups is 4. The average molecular weight is 437 g/mol. The second kappa shape index (κ2) is 10.9. The van der Waals surface area contributed by atoms with Crippen molar-refractivity contribution in [1.29, 1.82) is 0 Å². The van der Waals surface area contributed by atoms with Gasteiger partial charge in [0, 0.05) is 13.0 Å². The van der Waals surface area contributed by atoms with Gasteiger partial charge in [0.25, 0.3) is 12.3 Å². The lowest BCUT2D eigenvalue weighted by atomic mass is 10.1. The Kier molecular flexibility index (Phi) is 8.29. The number of hydrogen-bond acceptors (Lipinski definition) is 7. The lowest BCUT2D eigenvalue weighted by Crippen LogP contribution is -2.47. The van der Waals surface area contributed by atoms with Crippen LogP contribution in [0.15, 0.2) is 36.7 Å². The van der Waals surface area contributed by atoms with Crippen LogP contribution in [0.1, 0.15) is 23.7 Å². The molecule has 0 fully saturated rings. The van der Waals surface area contributed by atoms with Crippen LogP contribution in [0.4, 0.5) is 8.78 Å². The van der Waals surface area contributed by atoms with E-state index < -0.39 is 49.0 Å². The minimum atomic E-state index is -2.85. The Bertz CT molecular complexity index is 936. The average Bonchev–Trinajstić information content (AvgIpc) is 3.28. The van der Waals surface area contributed by atoms with E-state index >= 15 is 0 Å². The molecular weight excluding hydrogens is 416 g/mol. The number of halogens is 2. The Balaban J connectivity index is 2.16. The number of rotatable bonds is 10. The van der Waals surface area contributed by atoms with E-state index in [2.05, 4.69) is 20.3 Å². The van der Waals surface area contributed by atoms with Crippen LogP contribution in [0.25, 0.3) is 5.69 Å². The molecule has 0 radical (unpaired) electrons. The molecule has 2 rings (SSSR count). The lowest BCUT2D eigenvalue weighted by molar-refractivity contribution is -0.148. The molecule has 1 aromatic carbocycles. The van der Waals surface area contributed by atoms with Gasteiger partial charge in [0.15, 0.2) is 11.8 Å². The number of ketones is 1. The minimum Gasteiger partial charge on any atom is -0.467 e. The number of benzene rings is 1. The molecule has 1 aromatic heterocycles. The van der Waals surface area contributed by atoms with Crippen LogP contribution in [0, 0.1) is 0 Å². The molecule has 1 atom stereocenters. The molecule has 0 aliphatic carbocycles. The summed E-state index contributed by atoms with van der Waals surface area (Å²) in [4.78, 5) is 50.2. The van der Waals surface area contributed by atoms with Gasteiger partial charge in [-0.1, -0.05) is 12.1 Å². The molecule has 1 heterocycles. The van der Waals surface area contributed by atoms with Gasteiger partial charge < -0.3 is 15.0 Å². The monoisotopic (exact) mass is 437 g/mol. The highest BCUT2D eigenvalue weighted by Gasteiger charge is 2.27. The predicted octanol–water partition coefficient (Wildman–Crippen LogP) is 0.611. The Labute approximate surface area is 176 Å².